The number of hydrogen-bond donors (Lipinski definition) is 0. The summed E-state index contributed by atoms with van der Waals surface area (Å²) in [6.07, 6.45) is 3.80. The van der Waals surface area contributed by atoms with Crippen LogP contribution in [0, 0.1) is 11.8 Å². The maximum Gasteiger partial charge on any atom is 0.229 e. The number of likely N-dealkylation sites (tertiary alicyclic amines) is 1. The van der Waals surface area contributed by atoms with Crippen LogP contribution in [-0.4, -0.2) is 55.3 Å². The molecule has 0 aromatic rings. The van der Waals surface area contributed by atoms with Crippen molar-refractivity contribution in [2.45, 2.75) is 18.1 Å². The van der Waals surface area contributed by atoms with E-state index in [4.69, 9.17) is 9.47 Å². The van der Waals surface area contributed by atoms with Gasteiger partial charge in [0.1, 0.15) is 5.60 Å². The minimum atomic E-state index is -1.20. The highest BCUT2D eigenvalue weighted by Crippen LogP contribution is 2.51. The van der Waals surface area contributed by atoms with Crippen LogP contribution in [0.5, 0.6) is 0 Å². The highest BCUT2D eigenvalue weighted by Gasteiger charge is 2.65. The van der Waals surface area contributed by atoms with E-state index in [9.17, 15) is 14.7 Å². The van der Waals surface area contributed by atoms with Gasteiger partial charge in [-0.05, 0) is 6.42 Å². The number of methoxy groups -OCH3 is 1. The Morgan fingerprint density at radius 3 is 3.16 bits per heavy atom. The van der Waals surface area contributed by atoms with Gasteiger partial charge in [0, 0.05) is 32.1 Å². The third-order valence-corrected chi connectivity index (χ3v) is 4.23. The first-order valence-electron chi connectivity index (χ1n) is 6.45. The molecule has 2 saturated heterocycles. The molecule has 0 saturated carbocycles. The van der Waals surface area contributed by atoms with Gasteiger partial charge in [0.2, 0.25) is 5.91 Å². The Morgan fingerprint density at radius 2 is 2.47 bits per heavy atom. The average molecular weight is 266 g/mol. The van der Waals surface area contributed by atoms with Crippen LogP contribution in [0.3, 0.4) is 0 Å². The normalized spacial score (nSPS) is 39.1. The van der Waals surface area contributed by atoms with Crippen molar-refractivity contribution in [1.29, 1.82) is 0 Å². The number of rotatable bonds is 5. The molecule has 1 spiro atoms. The van der Waals surface area contributed by atoms with Crippen molar-refractivity contribution in [2.75, 3.05) is 26.8 Å². The maximum absolute atomic E-state index is 12.4. The van der Waals surface area contributed by atoms with Crippen LogP contribution in [0.15, 0.2) is 12.2 Å². The first-order chi connectivity index (χ1) is 9.09. The lowest BCUT2D eigenvalue weighted by Crippen LogP contribution is -2.45. The molecule has 0 aliphatic carbocycles. The van der Waals surface area contributed by atoms with Crippen molar-refractivity contribution in [3.8, 4) is 0 Å². The van der Waals surface area contributed by atoms with Crippen LogP contribution in [0.4, 0.5) is 0 Å². The summed E-state index contributed by atoms with van der Waals surface area (Å²) < 4.78 is 10.7. The Balaban J connectivity index is 1.79. The maximum atomic E-state index is 12.4. The molecule has 1 amide bonds. The summed E-state index contributed by atoms with van der Waals surface area (Å²) >= 11 is 0. The van der Waals surface area contributed by atoms with Crippen LogP contribution in [0.25, 0.3) is 0 Å². The van der Waals surface area contributed by atoms with E-state index in [1.165, 1.54) is 0 Å². The topological polar surface area (TPSA) is 78.9 Å². The van der Waals surface area contributed by atoms with E-state index >= 15 is 0 Å². The summed E-state index contributed by atoms with van der Waals surface area (Å²) in [7, 11) is 1.61. The predicted molar refractivity (Wildman–Crippen MR) is 61.8 cm³/mol. The van der Waals surface area contributed by atoms with E-state index in [1.807, 2.05) is 6.08 Å². The number of carbonyl (C=O) groups excluding carboxylic acids is 2. The zero-order valence-electron chi connectivity index (χ0n) is 10.7. The second-order valence-electron chi connectivity index (χ2n) is 5.33. The minimum Gasteiger partial charge on any atom is -0.550 e. The number of aliphatic carboxylic acids is 1. The van der Waals surface area contributed by atoms with Crippen molar-refractivity contribution in [3.63, 3.8) is 0 Å². The van der Waals surface area contributed by atoms with Gasteiger partial charge in [-0.3, -0.25) is 4.79 Å². The van der Waals surface area contributed by atoms with E-state index in [-0.39, 0.29) is 5.91 Å². The lowest BCUT2D eigenvalue weighted by Gasteiger charge is -2.24. The molecule has 6 nitrogen and oxygen atoms in total. The molecule has 6 heteroatoms. The SMILES string of the molecule is COCCCN1C[C@@]23C=C[C@@H](O2)[C@@H](C(=O)[O-])[C@H]3C1=O. The quantitative estimate of drug-likeness (QED) is 0.449. The van der Waals surface area contributed by atoms with Gasteiger partial charge >= 0.3 is 0 Å². The fourth-order valence-electron chi connectivity index (χ4n) is 3.44. The molecule has 3 aliphatic rings. The standard InChI is InChI=1S/C13H17NO5/c1-18-6-2-5-14-7-13-4-3-8(19-13)9(12(16)17)10(13)11(14)15/h3-4,8-10H,2,5-7H2,1H3,(H,16,17)/p-1/t8-,9-,10+,13-/m1/s1. The van der Waals surface area contributed by atoms with Gasteiger partial charge in [-0.25, -0.2) is 0 Å². The molecule has 2 fully saturated rings. The smallest absolute Gasteiger partial charge is 0.229 e. The summed E-state index contributed by atoms with van der Waals surface area (Å²) in [6.45, 7) is 1.56. The number of ether oxygens (including phenoxy) is 2. The molecule has 3 rings (SSSR count). The van der Waals surface area contributed by atoms with E-state index < -0.39 is 29.5 Å². The van der Waals surface area contributed by atoms with Crippen LogP contribution in [0.2, 0.25) is 0 Å². The summed E-state index contributed by atoms with van der Waals surface area (Å²) in [5.41, 5.74) is -0.750. The van der Waals surface area contributed by atoms with Crippen molar-refractivity contribution in [2.24, 2.45) is 11.8 Å². The number of amides is 1. The summed E-state index contributed by atoms with van der Waals surface area (Å²) in [5, 5.41) is 11.2. The van der Waals surface area contributed by atoms with Gasteiger partial charge in [0.15, 0.2) is 0 Å². The first kappa shape index (κ1) is 12.6. The van der Waals surface area contributed by atoms with E-state index in [0.29, 0.717) is 19.7 Å². The Bertz CT molecular complexity index is 448. The largest absolute Gasteiger partial charge is 0.550 e. The van der Waals surface area contributed by atoms with Gasteiger partial charge in [-0.2, -0.15) is 0 Å². The highest BCUT2D eigenvalue weighted by molar-refractivity contribution is 5.90. The van der Waals surface area contributed by atoms with Crippen molar-refractivity contribution in [3.05, 3.63) is 12.2 Å². The van der Waals surface area contributed by atoms with Gasteiger partial charge in [-0.1, -0.05) is 12.2 Å². The van der Waals surface area contributed by atoms with E-state index in [2.05, 4.69) is 0 Å². The Kier molecular flexibility index (Phi) is 2.87. The Hall–Kier alpha value is -1.40. The van der Waals surface area contributed by atoms with Crippen LogP contribution in [-0.2, 0) is 19.1 Å². The first-order valence-corrected chi connectivity index (χ1v) is 6.45. The van der Waals surface area contributed by atoms with Gasteiger partial charge < -0.3 is 24.3 Å². The van der Waals surface area contributed by atoms with E-state index in [1.54, 1.807) is 18.1 Å². The highest BCUT2D eigenvalue weighted by atomic mass is 16.5. The number of carboxylic acid groups (broad SMARTS) is 1. The lowest BCUT2D eigenvalue weighted by atomic mass is 9.77. The number of hydrogen-bond acceptors (Lipinski definition) is 5. The molecule has 0 aromatic carbocycles. The van der Waals surface area contributed by atoms with Crippen molar-refractivity contribution >= 4 is 11.9 Å². The van der Waals surface area contributed by atoms with Gasteiger partial charge in [0.25, 0.3) is 0 Å². The second kappa shape index (κ2) is 4.31. The molecular weight excluding hydrogens is 250 g/mol. The van der Waals surface area contributed by atoms with Gasteiger partial charge in [0.05, 0.1) is 18.6 Å². The molecule has 3 aliphatic heterocycles. The summed E-state index contributed by atoms with van der Waals surface area (Å²) in [4.78, 5) is 25.3. The zero-order valence-corrected chi connectivity index (χ0v) is 10.7. The summed E-state index contributed by atoms with van der Waals surface area (Å²) in [6, 6.07) is 0. The molecule has 0 N–H and O–H groups in total. The molecule has 4 atom stereocenters. The third kappa shape index (κ3) is 1.70. The molecule has 0 aromatic heterocycles. The molecule has 0 unspecified atom stereocenters. The Labute approximate surface area is 111 Å². The minimum absolute atomic E-state index is 0.142. The monoisotopic (exact) mass is 266 g/mol. The second-order valence-corrected chi connectivity index (χ2v) is 5.33. The molecule has 0 radical (unpaired) electrons. The molecular formula is C13H16NO5-. The number of carboxylic acids is 1. The molecule has 104 valence electrons. The fraction of sp³-hybridized carbons (Fsp3) is 0.692. The molecule has 2 bridgehead atoms. The third-order valence-electron chi connectivity index (χ3n) is 4.23. The van der Waals surface area contributed by atoms with E-state index in [0.717, 1.165) is 6.42 Å². The van der Waals surface area contributed by atoms with Crippen molar-refractivity contribution in [1.82, 2.24) is 4.90 Å². The molecule has 3 heterocycles. The predicted octanol–water partition coefficient (Wildman–Crippen LogP) is -1.45. The van der Waals surface area contributed by atoms with Crippen LogP contribution < -0.4 is 5.11 Å². The van der Waals surface area contributed by atoms with Crippen LogP contribution >= 0.6 is 0 Å². The Morgan fingerprint density at radius 1 is 1.68 bits per heavy atom. The summed E-state index contributed by atoms with van der Waals surface area (Å²) in [5.74, 6) is -2.83. The number of fused-ring (bicyclic) bond motifs is 1. The lowest BCUT2D eigenvalue weighted by molar-refractivity contribution is -0.313. The number of nitrogens with zero attached hydrogens (tertiary/aromatic N) is 1. The van der Waals surface area contributed by atoms with Gasteiger partial charge in [-0.15, -0.1) is 0 Å². The van der Waals surface area contributed by atoms with Crippen LogP contribution in [0.1, 0.15) is 6.42 Å². The average Bonchev–Trinajstić information content (AvgIpc) is 2.99. The molecule has 19 heavy (non-hydrogen) atoms. The van der Waals surface area contributed by atoms with Crippen molar-refractivity contribution < 1.29 is 24.2 Å². The zero-order chi connectivity index (χ0) is 13.6. The fourth-order valence-corrected chi connectivity index (χ4v) is 3.44. The number of carbonyl (C=O) groups is 2.